The molecule has 1 heterocycles. The van der Waals surface area contributed by atoms with Crippen LogP contribution in [0.3, 0.4) is 0 Å². The van der Waals surface area contributed by atoms with Crippen LogP contribution in [-0.2, 0) is 37.0 Å². The van der Waals surface area contributed by atoms with E-state index in [1.54, 1.807) is 51.1 Å². The minimum Gasteiger partial charge on any atom is -0.406 e. The Morgan fingerprint density at radius 3 is 2.62 bits per heavy atom. The highest BCUT2D eigenvalue weighted by Crippen LogP contribution is 2.44. The Morgan fingerprint density at radius 1 is 1.13 bits per heavy atom. The molecule has 1 saturated heterocycles. The van der Waals surface area contributed by atoms with Gasteiger partial charge in [0.1, 0.15) is 11.9 Å². The summed E-state index contributed by atoms with van der Waals surface area (Å²) in [6.07, 6.45) is -6.29. The fourth-order valence-corrected chi connectivity index (χ4v) is 5.04. The molecule has 0 bridgehead atoms. The van der Waals surface area contributed by atoms with Crippen LogP contribution < -0.4 is 10.1 Å². The summed E-state index contributed by atoms with van der Waals surface area (Å²) in [5.74, 6) is -1.65. The fraction of sp³-hybridized carbons (Fsp3) is 0.500. The van der Waals surface area contributed by atoms with Gasteiger partial charge in [-0.3, -0.25) is 4.79 Å². The Kier molecular flexibility index (Phi) is 8.51. The molecule has 4 rings (SSSR count). The SMILES string of the molecule is CCNC(=O)[C@@]1(OCc2ccccc2C#N)CC(OCc2cccc(OC(F)(F)F)c2)[C@@H]2OC(C)(C)O[C@@H]2C1. The molecule has 2 aromatic rings. The van der Waals surface area contributed by atoms with Crippen molar-refractivity contribution >= 4 is 5.91 Å². The number of nitriles is 1. The molecular weight excluding hydrogens is 517 g/mol. The van der Waals surface area contributed by atoms with Crippen molar-refractivity contribution < 1.29 is 41.7 Å². The lowest BCUT2D eigenvalue weighted by Gasteiger charge is -2.43. The number of fused-ring (bicyclic) bond motifs is 1. The number of nitrogens with one attached hydrogen (secondary N) is 1. The molecule has 0 aromatic heterocycles. The zero-order chi connectivity index (χ0) is 28.3. The molecule has 1 unspecified atom stereocenters. The Bertz CT molecular complexity index is 1210. The van der Waals surface area contributed by atoms with E-state index in [2.05, 4.69) is 16.1 Å². The van der Waals surface area contributed by atoms with Crippen LogP contribution in [-0.4, -0.2) is 48.5 Å². The van der Waals surface area contributed by atoms with Crippen molar-refractivity contribution in [3.63, 3.8) is 0 Å². The summed E-state index contributed by atoms with van der Waals surface area (Å²) >= 11 is 0. The van der Waals surface area contributed by atoms with E-state index < -0.39 is 36.1 Å². The van der Waals surface area contributed by atoms with Crippen LogP contribution in [0.2, 0.25) is 0 Å². The highest BCUT2D eigenvalue weighted by molar-refractivity contribution is 5.85. The minimum atomic E-state index is -4.82. The molecule has 4 atom stereocenters. The van der Waals surface area contributed by atoms with Gasteiger partial charge in [0.05, 0.1) is 37.1 Å². The number of carbonyl (C=O) groups excluding carboxylic acids is 1. The van der Waals surface area contributed by atoms with Crippen molar-refractivity contribution in [3.8, 4) is 11.8 Å². The van der Waals surface area contributed by atoms with Gasteiger partial charge in [-0.2, -0.15) is 5.26 Å². The number of nitrogens with zero attached hydrogens (tertiary/aromatic N) is 1. The first-order chi connectivity index (χ1) is 18.4. The summed E-state index contributed by atoms with van der Waals surface area (Å²) < 4.78 is 66.8. The molecule has 2 aliphatic rings. The molecule has 0 spiro atoms. The van der Waals surface area contributed by atoms with E-state index in [4.69, 9.17) is 18.9 Å². The molecule has 2 fully saturated rings. The first-order valence-electron chi connectivity index (χ1n) is 12.7. The van der Waals surface area contributed by atoms with E-state index in [0.29, 0.717) is 23.2 Å². The summed E-state index contributed by atoms with van der Waals surface area (Å²) in [5, 5.41) is 12.3. The van der Waals surface area contributed by atoms with Gasteiger partial charge in [-0.15, -0.1) is 13.2 Å². The highest BCUT2D eigenvalue weighted by Gasteiger charge is 2.58. The number of alkyl halides is 3. The fourth-order valence-electron chi connectivity index (χ4n) is 5.04. The van der Waals surface area contributed by atoms with Crippen LogP contribution in [0.1, 0.15) is 50.3 Å². The zero-order valence-electron chi connectivity index (χ0n) is 21.9. The molecule has 1 N–H and O–H groups in total. The van der Waals surface area contributed by atoms with Crippen molar-refractivity contribution in [1.29, 1.82) is 5.26 Å². The minimum absolute atomic E-state index is 0.00600. The van der Waals surface area contributed by atoms with Crippen molar-refractivity contribution in [2.24, 2.45) is 0 Å². The van der Waals surface area contributed by atoms with Gasteiger partial charge >= 0.3 is 6.36 Å². The maximum absolute atomic E-state index is 13.5. The van der Waals surface area contributed by atoms with E-state index >= 15 is 0 Å². The smallest absolute Gasteiger partial charge is 0.406 e. The second kappa shape index (κ2) is 11.5. The normalized spacial score (nSPS) is 25.9. The third-order valence-corrected chi connectivity index (χ3v) is 6.64. The Labute approximate surface area is 224 Å². The van der Waals surface area contributed by atoms with Gasteiger partial charge in [-0.25, -0.2) is 0 Å². The van der Waals surface area contributed by atoms with E-state index in [-0.39, 0.29) is 37.7 Å². The molecule has 210 valence electrons. The van der Waals surface area contributed by atoms with Gasteiger partial charge in [0, 0.05) is 19.4 Å². The molecule has 1 amide bonds. The Balaban J connectivity index is 1.59. The average molecular weight is 549 g/mol. The number of likely N-dealkylation sites (N-methyl/N-ethyl adjacent to an activating group) is 1. The standard InChI is InChI=1S/C28H31F3N2O6/c1-4-33-25(34)27(36-17-20-10-6-5-9-19(20)15-32)13-22(24-23(14-27)38-26(2,3)39-24)35-16-18-8-7-11-21(12-18)37-28(29,30)31/h5-12,22-24H,4,13-14,16-17H2,1-3H3,(H,33,34)/t22?,23-,24+,27-/m1/s1. The summed E-state index contributed by atoms with van der Waals surface area (Å²) in [4.78, 5) is 13.5. The predicted molar refractivity (Wildman–Crippen MR) is 132 cm³/mol. The Hall–Kier alpha value is -3.17. The number of ether oxygens (including phenoxy) is 5. The zero-order valence-corrected chi connectivity index (χ0v) is 21.9. The summed E-state index contributed by atoms with van der Waals surface area (Å²) in [6, 6.07) is 14.6. The molecule has 1 aliphatic carbocycles. The van der Waals surface area contributed by atoms with Gasteiger partial charge in [0.15, 0.2) is 11.4 Å². The van der Waals surface area contributed by atoms with Crippen LogP contribution in [0, 0.1) is 11.3 Å². The third kappa shape index (κ3) is 7.08. The first-order valence-corrected chi connectivity index (χ1v) is 12.7. The number of hydrogen-bond acceptors (Lipinski definition) is 7. The third-order valence-electron chi connectivity index (χ3n) is 6.64. The topological polar surface area (TPSA) is 99.0 Å². The highest BCUT2D eigenvalue weighted by atomic mass is 19.4. The number of halogens is 3. The van der Waals surface area contributed by atoms with Crippen LogP contribution in [0.4, 0.5) is 13.2 Å². The second-order valence-electron chi connectivity index (χ2n) is 10.0. The van der Waals surface area contributed by atoms with E-state index in [1.165, 1.54) is 18.2 Å². The maximum Gasteiger partial charge on any atom is 0.573 e. The molecule has 1 saturated carbocycles. The number of benzene rings is 2. The quantitative estimate of drug-likeness (QED) is 0.483. The number of rotatable bonds is 9. The van der Waals surface area contributed by atoms with Crippen molar-refractivity contribution in [2.75, 3.05) is 6.54 Å². The van der Waals surface area contributed by atoms with Gasteiger partial charge < -0.3 is 29.0 Å². The monoisotopic (exact) mass is 548 g/mol. The summed E-state index contributed by atoms with van der Waals surface area (Å²) in [7, 11) is 0. The summed E-state index contributed by atoms with van der Waals surface area (Å²) in [6.45, 7) is 5.63. The first kappa shape index (κ1) is 28.8. The lowest BCUT2D eigenvalue weighted by Crippen LogP contribution is -2.60. The van der Waals surface area contributed by atoms with Crippen molar-refractivity contribution in [3.05, 3.63) is 65.2 Å². The van der Waals surface area contributed by atoms with Crippen LogP contribution in [0.15, 0.2) is 48.5 Å². The largest absolute Gasteiger partial charge is 0.573 e. The van der Waals surface area contributed by atoms with Crippen molar-refractivity contribution in [1.82, 2.24) is 5.32 Å². The lowest BCUT2D eigenvalue weighted by atomic mass is 9.78. The molecule has 0 radical (unpaired) electrons. The van der Waals surface area contributed by atoms with E-state index in [0.717, 1.165) is 0 Å². The molecule has 11 heteroatoms. The molecular formula is C28H31F3N2O6. The number of carbonyl (C=O) groups is 1. The summed E-state index contributed by atoms with van der Waals surface area (Å²) in [5.41, 5.74) is 0.154. The van der Waals surface area contributed by atoms with E-state index in [1.807, 2.05) is 0 Å². The van der Waals surface area contributed by atoms with Crippen LogP contribution in [0.25, 0.3) is 0 Å². The van der Waals surface area contributed by atoms with Gasteiger partial charge in [-0.1, -0.05) is 30.3 Å². The Morgan fingerprint density at radius 2 is 1.90 bits per heavy atom. The lowest BCUT2D eigenvalue weighted by molar-refractivity contribution is -0.274. The molecule has 39 heavy (non-hydrogen) atoms. The van der Waals surface area contributed by atoms with Crippen LogP contribution in [0.5, 0.6) is 5.75 Å². The van der Waals surface area contributed by atoms with Crippen LogP contribution >= 0.6 is 0 Å². The second-order valence-corrected chi connectivity index (χ2v) is 10.0. The van der Waals surface area contributed by atoms with Crippen molar-refractivity contribution in [2.45, 2.75) is 82.9 Å². The maximum atomic E-state index is 13.5. The van der Waals surface area contributed by atoms with E-state index in [9.17, 15) is 23.2 Å². The predicted octanol–water partition coefficient (Wildman–Crippen LogP) is 4.75. The molecule has 2 aromatic carbocycles. The number of hydrogen-bond donors (Lipinski definition) is 1. The number of amides is 1. The van der Waals surface area contributed by atoms with Gasteiger partial charge in [-0.05, 0) is 50.1 Å². The van der Waals surface area contributed by atoms with Gasteiger partial charge in [0.25, 0.3) is 5.91 Å². The van der Waals surface area contributed by atoms with Gasteiger partial charge in [0.2, 0.25) is 0 Å². The molecule has 8 nitrogen and oxygen atoms in total. The average Bonchev–Trinajstić information content (AvgIpc) is 3.19. The molecule has 1 aliphatic heterocycles.